The molecule has 0 aliphatic carbocycles. The van der Waals surface area contributed by atoms with Crippen molar-refractivity contribution in [2.75, 3.05) is 0 Å². The topological polar surface area (TPSA) is 127 Å². The number of guanidine groups is 1. The van der Waals surface area contributed by atoms with E-state index < -0.39 is 0 Å². The molecule has 84 valence electrons. The van der Waals surface area contributed by atoms with Gasteiger partial charge in [0.25, 0.3) is 0 Å². The summed E-state index contributed by atoms with van der Waals surface area (Å²) in [5.41, 5.74) is 15.3. The molecule has 0 amide bonds. The zero-order valence-corrected chi connectivity index (χ0v) is 9.13. The van der Waals surface area contributed by atoms with Gasteiger partial charge in [0.15, 0.2) is 0 Å². The van der Waals surface area contributed by atoms with E-state index in [1.807, 2.05) is 12.1 Å². The van der Waals surface area contributed by atoms with Gasteiger partial charge in [0, 0.05) is 9.75 Å². The van der Waals surface area contributed by atoms with Crippen LogP contribution in [0.1, 0.15) is 9.75 Å². The molecule has 0 unspecified atom stereocenters. The Labute approximate surface area is 96.1 Å². The van der Waals surface area contributed by atoms with Crippen molar-refractivity contribution in [1.82, 2.24) is 0 Å². The third-order valence-corrected chi connectivity index (χ3v) is 2.28. The molecule has 0 fully saturated rings. The standard InChI is InChI=1S/C8H11N7S/c9-5-14-12-3-6-1-2-7(16-6)4-13-15-8(10)11/h1-5H,(H2,9,14)(H4,10,11,15)/b12-3+,13-4+. The lowest BCUT2D eigenvalue weighted by molar-refractivity contribution is 1.22. The van der Waals surface area contributed by atoms with Crippen molar-refractivity contribution in [3.63, 3.8) is 0 Å². The highest BCUT2D eigenvalue weighted by Gasteiger charge is 1.94. The molecular weight excluding hydrogens is 226 g/mol. The Hall–Kier alpha value is -2.22. The summed E-state index contributed by atoms with van der Waals surface area (Å²) in [5.74, 6) is -0.0770. The number of thiophene rings is 1. The van der Waals surface area contributed by atoms with Gasteiger partial charge < -0.3 is 17.2 Å². The number of hydrogen-bond acceptors (Lipinski definition) is 5. The molecule has 1 aromatic rings. The van der Waals surface area contributed by atoms with Crippen molar-refractivity contribution >= 4 is 36.1 Å². The van der Waals surface area contributed by atoms with Crippen LogP contribution in [0.4, 0.5) is 0 Å². The Morgan fingerprint density at radius 2 is 1.69 bits per heavy atom. The van der Waals surface area contributed by atoms with Gasteiger partial charge in [-0.05, 0) is 12.1 Å². The number of nitrogens with two attached hydrogens (primary N) is 3. The van der Waals surface area contributed by atoms with Crippen LogP contribution >= 0.6 is 11.3 Å². The van der Waals surface area contributed by atoms with Crippen LogP contribution in [0.15, 0.2) is 32.5 Å². The largest absolute Gasteiger partial charge is 0.388 e. The van der Waals surface area contributed by atoms with Gasteiger partial charge in [-0.1, -0.05) is 0 Å². The zero-order valence-electron chi connectivity index (χ0n) is 8.32. The summed E-state index contributed by atoms with van der Waals surface area (Å²) in [7, 11) is 0. The van der Waals surface area contributed by atoms with Gasteiger partial charge in [0.2, 0.25) is 5.96 Å². The maximum absolute atomic E-state index is 5.11. The zero-order chi connectivity index (χ0) is 11.8. The number of hydrogen-bond donors (Lipinski definition) is 3. The Morgan fingerprint density at radius 3 is 2.25 bits per heavy atom. The van der Waals surface area contributed by atoms with E-state index in [0.29, 0.717) is 0 Å². The van der Waals surface area contributed by atoms with Crippen molar-refractivity contribution in [2.24, 2.45) is 37.6 Å². The fraction of sp³-hybridized carbons (Fsp3) is 0. The minimum absolute atomic E-state index is 0.0770. The van der Waals surface area contributed by atoms with Crippen molar-refractivity contribution in [3.8, 4) is 0 Å². The first-order valence-corrected chi connectivity index (χ1v) is 5.02. The smallest absolute Gasteiger partial charge is 0.211 e. The third kappa shape index (κ3) is 4.33. The summed E-state index contributed by atoms with van der Waals surface area (Å²) >= 11 is 1.47. The minimum Gasteiger partial charge on any atom is -0.388 e. The molecule has 0 aliphatic rings. The van der Waals surface area contributed by atoms with E-state index in [1.165, 1.54) is 11.3 Å². The Kier molecular flexibility index (Phi) is 4.67. The van der Waals surface area contributed by atoms with Crippen LogP contribution in [-0.4, -0.2) is 24.7 Å². The highest BCUT2D eigenvalue weighted by atomic mass is 32.1. The van der Waals surface area contributed by atoms with Crippen LogP contribution in [-0.2, 0) is 0 Å². The molecule has 0 aliphatic heterocycles. The van der Waals surface area contributed by atoms with E-state index in [-0.39, 0.29) is 5.96 Å². The summed E-state index contributed by atoms with van der Waals surface area (Å²) in [6.07, 6.45) is 4.26. The van der Waals surface area contributed by atoms with E-state index in [4.69, 9.17) is 17.2 Å². The summed E-state index contributed by atoms with van der Waals surface area (Å²) in [4.78, 5) is 1.83. The van der Waals surface area contributed by atoms with E-state index in [0.717, 1.165) is 16.1 Å². The predicted octanol–water partition coefficient (Wildman–Crippen LogP) is -0.324. The fourth-order valence-corrected chi connectivity index (χ4v) is 1.53. The van der Waals surface area contributed by atoms with Crippen molar-refractivity contribution in [1.29, 1.82) is 0 Å². The second-order valence-corrected chi connectivity index (χ2v) is 3.67. The first-order chi connectivity index (χ1) is 7.72. The normalized spacial score (nSPS) is 11.8. The molecule has 0 saturated heterocycles. The highest BCUT2D eigenvalue weighted by Crippen LogP contribution is 2.12. The molecule has 1 rings (SSSR count). The monoisotopic (exact) mass is 237 g/mol. The van der Waals surface area contributed by atoms with Gasteiger partial charge in [-0.2, -0.15) is 10.2 Å². The van der Waals surface area contributed by atoms with Gasteiger partial charge in [0.1, 0.15) is 6.34 Å². The predicted molar refractivity (Wildman–Crippen MR) is 68.0 cm³/mol. The van der Waals surface area contributed by atoms with E-state index in [2.05, 4.69) is 20.4 Å². The molecule has 7 nitrogen and oxygen atoms in total. The van der Waals surface area contributed by atoms with Crippen LogP contribution in [0.5, 0.6) is 0 Å². The lowest BCUT2D eigenvalue weighted by Gasteiger charge is -1.83. The second kappa shape index (κ2) is 6.30. The Bertz CT molecular complexity index is 439. The molecule has 1 heterocycles. The Balaban J connectivity index is 2.65. The van der Waals surface area contributed by atoms with E-state index in [9.17, 15) is 0 Å². The third-order valence-electron chi connectivity index (χ3n) is 1.32. The van der Waals surface area contributed by atoms with E-state index >= 15 is 0 Å². The lowest BCUT2D eigenvalue weighted by Crippen LogP contribution is -2.21. The summed E-state index contributed by atoms with van der Waals surface area (Å²) in [5, 5.41) is 14.4. The molecule has 6 N–H and O–H groups in total. The molecule has 0 saturated carbocycles. The first-order valence-electron chi connectivity index (χ1n) is 4.21. The molecule has 0 atom stereocenters. The Morgan fingerprint density at radius 1 is 1.06 bits per heavy atom. The van der Waals surface area contributed by atoms with Gasteiger partial charge >= 0.3 is 0 Å². The van der Waals surface area contributed by atoms with Crippen LogP contribution in [0.25, 0.3) is 0 Å². The molecule has 0 bridgehead atoms. The average Bonchev–Trinajstić information content (AvgIpc) is 2.66. The summed E-state index contributed by atoms with van der Waals surface area (Å²) in [6, 6.07) is 3.74. The molecule has 16 heavy (non-hydrogen) atoms. The van der Waals surface area contributed by atoms with Gasteiger partial charge in [-0.25, -0.2) is 0 Å². The van der Waals surface area contributed by atoms with Crippen LogP contribution < -0.4 is 17.2 Å². The number of rotatable bonds is 4. The SMILES string of the molecule is N/C=N\N=C\c1ccc(/C=N/N=C(N)N)s1. The maximum atomic E-state index is 5.11. The molecule has 8 heteroatoms. The summed E-state index contributed by atoms with van der Waals surface area (Å²) in [6.45, 7) is 0. The number of nitrogens with zero attached hydrogens (tertiary/aromatic N) is 4. The molecule has 0 radical (unpaired) electrons. The van der Waals surface area contributed by atoms with Gasteiger partial charge in [-0.15, -0.1) is 21.5 Å². The first kappa shape index (κ1) is 11.9. The molecule has 0 aromatic carbocycles. The molecular formula is C8H11N7S. The van der Waals surface area contributed by atoms with Gasteiger partial charge in [0.05, 0.1) is 12.4 Å². The van der Waals surface area contributed by atoms with Crippen LogP contribution in [0.3, 0.4) is 0 Å². The van der Waals surface area contributed by atoms with Crippen LogP contribution in [0, 0.1) is 0 Å². The second-order valence-electron chi connectivity index (χ2n) is 2.52. The molecule has 1 aromatic heterocycles. The van der Waals surface area contributed by atoms with Gasteiger partial charge in [-0.3, -0.25) is 0 Å². The van der Waals surface area contributed by atoms with E-state index in [1.54, 1.807) is 12.4 Å². The maximum Gasteiger partial charge on any atom is 0.211 e. The average molecular weight is 237 g/mol. The highest BCUT2D eigenvalue weighted by molar-refractivity contribution is 7.15. The molecule has 0 spiro atoms. The van der Waals surface area contributed by atoms with Crippen molar-refractivity contribution in [3.05, 3.63) is 21.9 Å². The van der Waals surface area contributed by atoms with Crippen LogP contribution in [0.2, 0.25) is 0 Å². The minimum atomic E-state index is -0.0770. The quantitative estimate of drug-likeness (QED) is 0.377. The van der Waals surface area contributed by atoms with Crippen molar-refractivity contribution in [2.45, 2.75) is 0 Å². The summed E-state index contributed by atoms with van der Waals surface area (Å²) < 4.78 is 0. The van der Waals surface area contributed by atoms with Crippen molar-refractivity contribution < 1.29 is 0 Å². The lowest BCUT2D eigenvalue weighted by atomic mass is 10.4. The fourth-order valence-electron chi connectivity index (χ4n) is 0.788.